The molecule has 0 aliphatic heterocycles. The fourth-order valence-corrected chi connectivity index (χ4v) is 1.77. The second-order valence-electron chi connectivity index (χ2n) is 4.55. The van der Waals surface area contributed by atoms with E-state index in [2.05, 4.69) is 5.32 Å². The maximum absolute atomic E-state index is 10.9. The highest BCUT2D eigenvalue weighted by Gasteiger charge is 2.23. The van der Waals surface area contributed by atoms with Gasteiger partial charge in [0.2, 0.25) is 0 Å². The van der Waals surface area contributed by atoms with Crippen molar-refractivity contribution >= 4 is 17.3 Å². The van der Waals surface area contributed by atoms with Gasteiger partial charge >= 0.3 is 5.97 Å². The molecule has 96 valence electrons. The summed E-state index contributed by atoms with van der Waals surface area (Å²) in [7, 11) is 0. The lowest BCUT2D eigenvalue weighted by atomic mass is 10.1. The Morgan fingerprint density at radius 2 is 2.22 bits per heavy atom. The zero-order valence-electron chi connectivity index (χ0n) is 9.97. The Bertz CT molecular complexity index is 509. The molecule has 0 amide bonds. The minimum atomic E-state index is -1.16. The number of nitro benzene ring substituents is 1. The SMILES string of the molecule is Cc1c(NCC2CC2)cc(C(=O)O)cc1[N+](=O)[O-]. The third kappa shape index (κ3) is 2.58. The molecule has 0 bridgehead atoms. The predicted molar refractivity (Wildman–Crippen MR) is 66.0 cm³/mol. The van der Waals surface area contributed by atoms with Gasteiger partial charge in [0.15, 0.2) is 0 Å². The first-order valence-corrected chi connectivity index (χ1v) is 5.75. The normalized spacial score (nSPS) is 14.3. The van der Waals surface area contributed by atoms with E-state index in [1.807, 2.05) is 0 Å². The molecule has 6 heteroatoms. The van der Waals surface area contributed by atoms with Gasteiger partial charge in [-0.15, -0.1) is 0 Å². The van der Waals surface area contributed by atoms with Crippen LogP contribution < -0.4 is 5.32 Å². The Balaban J connectivity index is 2.34. The van der Waals surface area contributed by atoms with Crippen molar-refractivity contribution in [2.24, 2.45) is 5.92 Å². The van der Waals surface area contributed by atoms with Gasteiger partial charge in [0.05, 0.1) is 10.5 Å². The topological polar surface area (TPSA) is 92.5 Å². The number of carboxylic acids is 1. The summed E-state index contributed by atoms with van der Waals surface area (Å²) >= 11 is 0. The smallest absolute Gasteiger partial charge is 0.336 e. The van der Waals surface area contributed by atoms with Crippen LogP contribution in [-0.4, -0.2) is 22.5 Å². The van der Waals surface area contributed by atoms with Crippen LogP contribution >= 0.6 is 0 Å². The van der Waals surface area contributed by atoms with Crippen LogP contribution in [0.5, 0.6) is 0 Å². The number of nitro groups is 1. The molecular weight excluding hydrogens is 236 g/mol. The molecule has 2 N–H and O–H groups in total. The van der Waals surface area contributed by atoms with Crippen molar-refractivity contribution in [3.05, 3.63) is 33.4 Å². The second-order valence-corrected chi connectivity index (χ2v) is 4.55. The molecule has 1 saturated carbocycles. The first-order valence-electron chi connectivity index (χ1n) is 5.75. The summed E-state index contributed by atoms with van der Waals surface area (Å²) < 4.78 is 0. The summed E-state index contributed by atoms with van der Waals surface area (Å²) in [6, 6.07) is 2.55. The molecule has 0 radical (unpaired) electrons. The van der Waals surface area contributed by atoms with Crippen LogP contribution in [0.15, 0.2) is 12.1 Å². The summed E-state index contributed by atoms with van der Waals surface area (Å²) in [5, 5.41) is 22.9. The number of anilines is 1. The molecule has 1 aromatic carbocycles. The molecule has 0 saturated heterocycles. The number of nitrogens with zero attached hydrogens (tertiary/aromatic N) is 1. The number of rotatable bonds is 5. The predicted octanol–water partition coefficient (Wildman–Crippen LogP) is 2.42. The summed E-state index contributed by atoms with van der Waals surface area (Å²) in [6.45, 7) is 2.36. The molecule has 2 rings (SSSR count). The van der Waals surface area contributed by atoms with Crippen LogP contribution in [0.25, 0.3) is 0 Å². The quantitative estimate of drug-likeness (QED) is 0.618. The molecule has 18 heavy (non-hydrogen) atoms. The molecule has 1 aliphatic rings. The van der Waals surface area contributed by atoms with Gasteiger partial charge in [-0.05, 0) is 31.7 Å². The van der Waals surface area contributed by atoms with Gasteiger partial charge in [-0.2, -0.15) is 0 Å². The number of hydrogen-bond acceptors (Lipinski definition) is 4. The summed E-state index contributed by atoms with van der Waals surface area (Å²) in [4.78, 5) is 21.3. The largest absolute Gasteiger partial charge is 0.478 e. The highest BCUT2D eigenvalue weighted by Crippen LogP contribution is 2.32. The maximum Gasteiger partial charge on any atom is 0.336 e. The summed E-state index contributed by atoms with van der Waals surface area (Å²) in [5.41, 5.74) is 0.790. The lowest BCUT2D eigenvalue weighted by molar-refractivity contribution is -0.385. The van der Waals surface area contributed by atoms with Gasteiger partial charge in [-0.25, -0.2) is 4.79 Å². The van der Waals surface area contributed by atoms with Crippen LogP contribution in [0.2, 0.25) is 0 Å². The lowest BCUT2D eigenvalue weighted by Gasteiger charge is -2.10. The molecule has 1 fully saturated rings. The molecule has 6 nitrogen and oxygen atoms in total. The van der Waals surface area contributed by atoms with Crippen molar-refractivity contribution in [1.82, 2.24) is 0 Å². The third-order valence-electron chi connectivity index (χ3n) is 3.10. The van der Waals surface area contributed by atoms with Crippen LogP contribution in [0.4, 0.5) is 11.4 Å². The van der Waals surface area contributed by atoms with Gasteiger partial charge in [0, 0.05) is 23.9 Å². The minimum Gasteiger partial charge on any atom is -0.478 e. The zero-order chi connectivity index (χ0) is 13.3. The van der Waals surface area contributed by atoms with E-state index in [4.69, 9.17) is 5.11 Å². The molecule has 0 atom stereocenters. The molecule has 0 aromatic heterocycles. The Labute approximate surface area is 104 Å². The second kappa shape index (κ2) is 4.64. The maximum atomic E-state index is 10.9. The average molecular weight is 250 g/mol. The van der Waals surface area contributed by atoms with E-state index in [9.17, 15) is 14.9 Å². The molecule has 1 aliphatic carbocycles. The number of benzene rings is 1. The molecule has 0 unspecified atom stereocenters. The Morgan fingerprint density at radius 1 is 1.56 bits per heavy atom. The van der Waals surface area contributed by atoms with E-state index in [1.165, 1.54) is 6.07 Å². The molecule has 0 spiro atoms. The van der Waals surface area contributed by atoms with Crippen molar-refractivity contribution in [2.75, 3.05) is 11.9 Å². The van der Waals surface area contributed by atoms with E-state index >= 15 is 0 Å². The summed E-state index contributed by atoms with van der Waals surface area (Å²) in [5.74, 6) is -0.551. The molecule has 0 heterocycles. The van der Waals surface area contributed by atoms with Crippen molar-refractivity contribution in [3.8, 4) is 0 Å². The van der Waals surface area contributed by atoms with Crippen LogP contribution in [-0.2, 0) is 0 Å². The van der Waals surface area contributed by atoms with E-state index in [0.717, 1.165) is 25.5 Å². The Hall–Kier alpha value is -2.11. The first kappa shape index (κ1) is 12.3. The van der Waals surface area contributed by atoms with E-state index in [0.29, 0.717) is 17.2 Å². The number of carbonyl (C=O) groups is 1. The van der Waals surface area contributed by atoms with E-state index in [-0.39, 0.29) is 11.3 Å². The van der Waals surface area contributed by atoms with Crippen LogP contribution in [0.1, 0.15) is 28.8 Å². The minimum absolute atomic E-state index is 0.0643. The number of carboxylic acid groups (broad SMARTS) is 1. The lowest BCUT2D eigenvalue weighted by Crippen LogP contribution is -2.08. The highest BCUT2D eigenvalue weighted by atomic mass is 16.6. The zero-order valence-corrected chi connectivity index (χ0v) is 9.97. The van der Waals surface area contributed by atoms with E-state index < -0.39 is 10.9 Å². The van der Waals surface area contributed by atoms with Gasteiger partial charge in [-0.1, -0.05) is 0 Å². The standard InChI is InChI=1S/C12H14N2O4/c1-7-10(13-6-8-2-3-8)4-9(12(15)16)5-11(7)14(17)18/h4-5,8,13H,2-3,6H2,1H3,(H,15,16). The van der Waals surface area contributed by atoms with Crippen LogP contribution in [0.3, 0.4) is 0 Å². The monoisotopic (exact) mass is 250 g/mol. The average Bonchev–Trinajstić information content (AvgIpc) is 3.10. The van der Waals surface area contributed by atoms with Crippen molar-refractivity contribution in [3.63, 3.8) is 0 Å². The van der Waals surface area contributed by atoms with E-state index in [1.54, 1.807) is 6.92 Å². The summed E-state index contributed by atoms with van der Waals surface area (Å²) in [6.07, 6.45) is 2.32. The third-order valence-corrected chi connectivity index (χ3v) is 3.10. The van der Waals surface area contributed by atoms with Crippen molar-refractivity contribution < 1.29 is 14.8 Å². The fraction of sp³-hybridized carbons (Fsp3) is 0.417. The molecular formula is C12H14N2O4. The van der Waals surface area contributed by atoms with Crippen molar-refractivity contribution in [2.45, 2.75) is 19.8 Å². The van der Waals surface area contributed by atoms with Crippen LogP contribution in [0, 0.1) is 23.0 Å². The number of aromatic carboxylic acids is 1. The fourth-order valence-electron chi connectivity index (χ4n) is 1.77. The Morgan fingerprint density at radius 3 is 2.72 bits per heavy atom. The highest BCUT2D eigenvalue weighted by molar-refractivity contribution is 5.90. The van der Waals surface area contributed by atoms with Gasteiger partial charge in [-0.3, -0.25) is 10.1 Å². The van der Waals surface area contributed by atoms with Gasteiger partial charge in [0.1, 0.15) is 0 Å². The van der Waals surface area contributed by atoms with Gasteiger partial charge in [0.25, 0.3) is 5.69 Å². The number of hydrogen-bond donors (Lipinski definition) is 2. The van der Waals surface area contributed by atoms with Gasteiger partial charge < -0.3 is 10.4 Å². The van der Waals surface area contributed by atoms with Crippen molar-refractivity contribution in [1.29, 1.82) is 0 Å². The number of nitrogens with one attached hydrogen (secondary N) is 1. The Kier molecular flexibility index (Phi) is 3.18. The molecule has 1 aromatic rings. The first-order chi connectivity index (χ1) is 8.49.